The highest BCUT2D eigenvalue weighted by Gasteiger charge is 2.31. The van der Waals surface area contributed by atoms with Gasteiger partial charge in [-0.25, -0.2) is 0 Å². The number of carbonyl (C=O) groups is 2. The molecule has 0 heterocycles. The molecule has 0 spiro atoms. The van der Waals surface area contributed by atoms with E-state index in [9.17, 15) is 9.59 Å². The Morgan fingerprint density at radius 2 is 1.50 bits per heavy atom. The zero-order valence-electron chi connectivity index (χ0n) is 15.1. The first-order valence-corrected chi connectivity index (χ1v) is 8.99. The molecule has 0 unspecified atom stereocenters. The summed E-state index contributed by atoms with van der Waals surface area (Å²) in [4.78, 5) is 24.5. The first-order valence-electron chi connectivity index (χ1n) is 8.99. The van der Waals surface area contributed by atoms with Gasteiger partial charge >= 0.3 is 0 Å². The Bertz CT molecular complexity index is 541. The number of amides is 2. The van der Waals surface area contributed by atoms with E-state index in [1.807, 2.05) is 39.0 Å². The van der Waals surface area contributed by atoms with Crippen LogP contribution in [-0.4, -0.2) is 23.9 Å². The molecule has 24 heavy (non-hydrogen) atoms. The highest BCUT2D eigenvalue weighted by atomic mass is 16.2. The molecule has 2 amide bonds. The molecular formula is C20H30N2O2. The molecule has 132 valence electrons. The first-order chi connectivity index (χ1) is 11.3. The predicted molar refractivity (Wildman–Crippen MR) is 96.5 cm³/mol. The van der Waals surface area contributed by atoms with E-state index in [4.69, 9.17) is 0 Å². The van der Waals surface area contributed by atoms with E-state index in [1.165, 1.54) is 5.56 Å². The van der Waals surface area contributed by atoms with Crippen LogP contribution in [0.5, 0.6) is 0 Å². The van der Waals surface area contributed by atoms with Crippen LogP contribution in [0.4, 0.5) is 0 Å². The maximum absolute atomic E-state index is 12.3. The first kappa shape index (κ1) is 18.5. The number of carbonyl (C=O) groups excluding carboxylic acids is 2. The number of nitrogens with one attached hydrogen (secondary N) is 2. The molecule has 0 aliphatic heterocycles. The lowest BCUT2D eigenvalue weighted by atomic mass is 9.81. The van der Waals surface area contributed by atoms with E-state index < -0.39 is 0 Å². The fourth-order valence-corrected chi connectivity index (χ4v) is 3.21. The van der Waals surface area contributed by atoms with Gasteiger partial charge in [0.25, 0.3) is 0 Å². The smallest absolute Gasteiger partial charge is 0.223 e. The van der Waals surface area contributed by atoms with Crippen LogP contribution in [-0.2, 0) is 16.0 Å². The van der Waals surface area contributed by atoms with Crippen molar-refractivity contribution in [2.24, 2.45) is 11.8 Å². The minimum atomic E-state index is -0.192. The molecule has 0 atom stereocenters. The second-order valence-corrected chi connectivity index (χ2v) is 7.81. The molecule has 4 nitrogen and oxygen atoms in total. The number of hydrogen-bond acceptors (Lipinski definition) is 2. The van der Waals surface area contributed by atoms with Crippen molar-refractivity contribution in [2.75, 3.05) is 6.54 Å². The van der Waals surface area contributed by atoms with Gasteiger partial charge in [-0.2, -0.15) is 0 Å². The van der Waals surface area contributed by atoms with Crippen molar-refractivity contribution in [3.8, 4) is 0 Å². The molecule has 0 aromatic heterocycles. The van der Waals surface area contributed by atoms with Gasteiger partial charge in [-0.15, -0.1) is 0 Å². The van der Waals surface area contributed by atoms with Gasteiger partial charge in [-0.3, -0.25) is 9.59 Å². The molecular weight excluding hydrogens is 300 g/mol. The van der Waals surface area contributed by atoms with Crippen molar-refractivity contribution in [1.29, 1.82) is 0 Å². The second-order valence-electron chi connectivity index (χ2n) is 7.81. The zero-order valence-corrected chi connectivity index (χ0v) is 15.1. The standard InChI is InChI=1S/C20H30N2O2/c1-20(2,3)22-19(24)17-11-9-16(10-12-17)18(23)21-14-13-15-7-5-4-6-8-15/h4-8,16-17H,9-14H2,1-3H3,(H,21,23)(H,22,24). The summed E-state index contributed by atoms with van der Waals surface area (Å²) in [5, 5.41) is 6.09. The third-order valence-corrected chi connectivity index (χ3v) is 4.52. The summed E-state index contributed by atoms with van der Waals surface area (Å²) in [7, 11) is 0. The molecule has 2 rings (SSSR count). The summed E-state index contributed by atoms with van der Waals surface area (Å²) in [6.07, 6.45) is 4.08. The monoisotopic (exact) mass is 330 g/mol. The predicted octanol–water partition coefficient (Wildman–Crippen LogP) is 3.07. The maximum Gasteiger partial charge on any atom is 0.223 e. The second kappa shape index (κ2) is 8.32. The number of rotatable bonds is 5. The van der Waals surface area contributed by atoms with Gasteiger partial charge in [0.2, 0.25) is 11.8 Å². The Kier molecular flexibility index (Phi) is 6.41. The molecule has 1 aliphatic carbocycles. The Balaban J connectivity index is 1.70. The summed E-state index contributed by atoms with van der Waals surface area (Å²) < 4.78 is 0. The van der Waals surface area contributed by atoms with Crippen LogP contribution >= 0.6 is 0 Å². The van der Waals surface area contributed by atoms with Gasteiger partial charge in [0, 0.05) is 23.9 Å². The Hall–Kier alpha value is -1.84. The fraction of sp³-hybridized carbons (Fsp3) is 0.600. The van der Waals surface area contributed by atoms with Crippen LogP contribution in [0.15, 0.2) is 30.3 Å². The van der Waals surface area contributed by atoms with E-state index in [-0.39, 0.29) is 29.2 Å². The summed E-state index contributed by atoms with van der Waals surface area (Å²) >= 11 is 0. The topological polar surface area (TPSA) is 58.2 Å². The van der Waals surface area contributed by atoms with Gasteiger partial charge in [-0.05, 0) is 58.4 Å². The summed E-state index contributed by atoms with van der Waals surface area (Å²) in [6, 6.07) is 10.2. The molecule has 0 saturated heterocycles. The molecule has 1 fully saturated rings. The number of benzene rings is 1. The minimum Gasteiger partial charge on any atom is -0.356 e. The molecule has 2 N–H and O–H groups in total. The van der Waals surface area contributed by atoms with Crippen molar-refractivity contribution >= 4 is 11.8 Å². The van der Waals surface area contributed by atoms with Crippen molar-refractivity contribution < 1.29 is 9.59 Å². The Morgan fingerprint density at radius 3 is 2.04 bits per heavy atom. The van der Waals surface area contributed by atoms with Gasteiger partial charge in [0.05, 0.1) is 0 Å². The SMILES string of the molecule is CC(C)(C)NC(=O)C1CCC(C(=O)NCCc2ccccc2)CC1. The van der Waals surface area contributed by atoms with Crippen LogP contribution in [0.3, 0.4) is 0 Å². The highest BCUT2D eigenvalue weighted by molar-refractivity contribution is 5.81. The molecule has 4 heteroatoms. The molecule has 1 saturated carbocycles. The zero-order chi connectivity index (χ0) is 17.6. The fourth-order valence-electron chi connectivity index (χ4n) is 3.21. The number of hydrogen-bond donors (Lipinski definition) is 2. The average molecular weight is 330 g/mol. The van der Waals surface area contributed by atoms with Crippen LogP contribution in [0.25, 0.3) is 0 Å². The Labute approximate surface area is 145 Å². The summed E-state index contributed by atoms with van der Waals surface area (Å²) in [5.74, 6) is 0.378. The molecule has 1 aromatic rings. The minimum absolute atomic E-state index is 0.0533. The molecule has 0 bridgehead atoms. The third-order valence-electron chi connectivity index (χ3n) is 4.52. The Morgan fingerprint density at radius 1 is 0.958 bits per heavy atom. The lowest BCUT2D eigenvalue weighted by Crippen LogP contribution is -2.45. The van der Waals surface area contributed by atoms with E-state index in [1.54, 1.807) is 0 Å². The van der Waals surface area contributed by atoms with E-state index in [2.05, 4.69) is 22.8 Å². The van der Waals surface area contributed by atoms with E-state index >= 15 is 0 Å². The van der Waals surface area contributed by atoms with Crippen molar-refractivity contribution in [3.63, 3.8) is 0 Å². The molecule has 0 radical (unpaired) electrons. The van der Waals surface area contributed by atoms with Crippen LogP contribution in [0, 0.1) is 11.8 Å². The van der Waals surface area contributed by atoms with Crippen LogP contribution in [0.2, 0.25) is 0 Å². The van der Waals surface area contributed by atoms with E-state index in [0.29, 0.717) is 6.54 Å². The maximum atomic E-state index is 12.3. The lowest BCUT2D eigenvalue weighted by Gasteiger charge is -2.30. The van der Waals surface area contributed by atoms with Crippen molar-refractivity contribution in [2.45, 2.75) is 58.4 Å². The summed E-state index contributed by atoms with van der Waals surface area (Å²) in [5.41, 5.74) is 1.04. The summed E-state index contributed by atoms with van der Waals surface area (Å²) in [6.45, 7) is 6.66. The lowest BCUT2D eigenvalue weighted by molar-refractivity contribution is -0.131. The molecule has 1 aliphatic rings. The van der Waals surface area contributed by atoms with Gasteiger partial charge in [0.1, 0.15) is 0 Å². The largest absolute Gasteiger partial charge is 0.356 e. The molecule has 1 aromatic carbocycles. The van der Waals surface area contributed by atoms with Gasteiger partial charge in [-0.1, -0.05) is 30.3 Å². The van der Waals surface area contributed by atoms with Crippen molar-refractivity contribution in [3.05, 3.63) is 35.9 Å². The van der Waals surface area contributed by atoms with Crippen LogP contribution in [0.1, 0.15) is 52.0 Å². The van der Waals surface area contributed by atoms with Crippen molar-refractivity contribution in [1.82, 2.24) is 10.6 Å². The third kappa shape index (κ3) is 5.99. The highest BCUT2D eigenvalue weighted by Crippen LogP contribution is 2.29. The van der Waals surface area contributed by atoms with Gasteiger partial charge in [0.15, 0.2) is 0 Å². The van der Waals surface area contributed by atoms with E-state index in [0.717, 1.165) is 32.1 Å². The normalized spacial score (nSPS) is 21.1. The average Bonchev–Trinajstić information content (AvgIpc) is 2.54. The van der Waals surface area contributed by atoms with Crippen LogP contribution < -0.4 is 10.6 Å². The van der Waals surface area contributed by atoms with Gasteiger partial charge < -0.3 is 10.6 Å². The quantitative estimate of drug-likeness (QED) is 0.872.